The van der Waals surface area contributed by atoms with Crippen LogP contribution in [0.1, 0.15) is 30.0 Å². The van der Waals surface area contributed by atoms with Gasteiger partial charge in [0.1, 0.15) is 23.2 Å². The standard InChI is InChI=1S/C20H22FN3O/c1-25-16-9-7-15(8-10-16)20(14-24-11-2-3-12-24)23-19-6-4-5-18(21)17(19)13-22/h4-10,20,23H,2-3,11-12,14H2,1H3. The zero-order chi connectivity index (χ0) is 17.6. The normalized spacial score (nSPS) is 15.6. The Morgan fingerprint density at radius 2 is 1.92 bits per heavy atom. The van der Waals surface area contributed by atoms with Gasteiger partial charge in [-0.3, -0.25) is 0 Å². The highest BCUT2D eigenvalue weighted by atomic mass is 19.1. The number of hydrogen-bond donors (Lipinski definition) is 1. The van der Waals surface area contributed by atoms with Gasteiger partial charge >= 0.3 is 0 Å². The summed E-state index contributed by atoms with van der Waals surface area (Å²) in [6, 6.07) is 14.5. The first-order valence-corrected chi connectivity index (χ1v) is 8.52. The maximum Gasteiger partial charge on any atom is 0.143 e. The minimum Gasteiger partial charge on any atom is -0.497 e. The average Bonchev–Trinajstić information content (AvgIpc) is 3.14. The Balaban J connectivity index is 1.87. The first-order valence-electron chi connectivity index (χ1n) is 8.52. The number of nitriles is 1. The monoisotopic (exact) mass is 339 g/mol. The molecule has 0 aliphatic carbocycles. The van der Waals surface area contributed by atoms with Crippen LogP contribution in [-0.4, -0.2) is 31.6 Å². The van der Waals surface area contributed by atoms with Crippen LogP contribution in [0.2, 0.25) is 0 Å². The van der Waals surface area contributed by atoms with Gasteiger partial charge in [-0.25, -0.2) is 4.39 Å². The van der Waals surface area contributed by atoms with Gasteiger partial charge in [-0.05, 0) is 55.8 Å². The average molecular weight is 339 g/mol. The molecule has 0 saturated carbocycles. The number of hydrogen-bond acceptors (Lipinski definition) is 4. The van der Waals surface area contributed by atoms with Crippen molar-refractivity contribution in [2.75, 3.05) is 32.1 Å². The summed E-state index contributed by atoms with van der Waals surface area (Å²) in [7, 11) is 1.64. The Morgan fingerprint density at radius 1 is 1.20 bits per heavy atom. The van der Waals surface area contributed by atoms with E-state index in [0.717, 1.165) is 30.9 Å². The molecule has 4 nitrogen and oxygen atoms in total. The lowest BCUT2D eigenvalue weighted by molar-refractivity contribution is 0.323. The fourth-order valence-corrected chi connectivity index (χ4v) is 3.24. The van der Waals surface area contributed by atoms with Gasteiger partial charge in [-0.15, -0.1) is 0 Å². The van der Waals surface area contributed by atoms with Crippen LogP contribution in [0, 0.1) is 17.1 Å². The summed E-state index contributed by atoms with van der Waals surface area (Å²) in [5, 5.41) is 12.7. The molecule has 3 rings (SSSR count). The summed E-state index contributed by atoms with van der Waals surface area (Å²) in [5.74, 6) is 0.300. The third-order valence-corrected chi connectivity index (χ3v) is 4.61. The number of benzene rings is 2. The van der Waals surface area contributed by atoms with Gasteiger partial charge in [0.15, 0.2) is 0 Å². The number of anilines is 1. The van der Waals surface area contributed by atoms with Gasteiger partial charge in [0.2, 0.25) is 0 Å². The van der Waals surface area contributed by atoms with Crippen LogP contribution in [0.4, 0.5) is 10.1 Å². The summed E-state index contributed by atoms with van der Waals surface area (Å²) in [5.41, 5.74) is 1.67. The van der Waals surface area contributed by atoms with E-state index in [1.54, 1.807) is 19.2 Å². The zero-order valence-electron chi connectivity index (χ0n) is 14.3. The molecular weight excluding hydrogens is 317 g/mol. The lowest BCUT2D eigenvalue weighted by Crippen LogP contribution is -2.29. The highest BCUT2D eigenvalue weighted by Crippen LogP contribution is 2.27. The molecule has 1 aliphatic heterocycles. The fraction of sp³-hybridized carbons (Fsp3) is 0.350. The Hall–Kier alpha value is -2.58. The Bertz CT molecular complexity index is 749. The molecule has 0 bridgehead atoms. The van der Waals surface area contributed by atoms with Crippen molar-refractivity contribution in [3.8, 4) is 11.8 Å². The van der Waals surface area contributed by atoms with Crippen LogP contribution in [0.5, 0.6) is 5.75 Å². The Kier molecular flexibility index (Phi) is 5.52. The molecule has 130 valence electrons. The minimum absolute atomic E-state index is 0.0297. The molecule has 2 aromatic rings. The van der Waals surface area contributed by atoms with Crippen molar-refractivity contribution < 1.29 is 9.13 Å². The molecule has 25 heavy (non-hydrogen) atoms. The first-order chi connectivity index (χ1) is 12.2. The summed E-state index contributed by atoms with van der Waals surface area (Å²) in [6.45, 7) is 2.96. The topological polar surface area (TPSA) is 48.3 Å². The molecule has 0 radical (unpaired) electrons. The predicted octanol–water partition coefficient (Wildman–Crippen LogP) is 3.95. The molecule has 5 heteroatoms. The largest absolute Gasteiger partial charge is 0.497 e. The van der Waals surface area contributed by atoms with Crippen LogP contribution in [0.25, 0.3) is 0 Å². The van der Waals surface area contributed by atoms with Crippen molar-refractivity contribution in [1.82, 2.24) is 4.90 Å². The van der Waals surface area contributed by atoms with Gasteiger partial charge in [0.25, 0.3) is 0 Å². The number of ether oxygens (including phenoxy) is 1. The molecule has 1 fully saturated rings. The third-order valence-electron chi connectivity index (χ3n) is 4.61. The number of likely N-dealkylation sites (tertiary alicyclic amines) is 1. The van der Waals surface area contributed by atoms with Crippen molar-refractivity contribution in [1.29, 1.82) is 5.26 Å². The van der Waals surface area contributed by atoms with E-state index < -0.39 is 5.82 Å². The summed E-state index contributed by atoms with van der Waals surface area (Å²) < 4.78 is 19.1. The molecule has 1 N–H and O–H groups in total. The van der Waals surface area contributed by atoms with E-state index in [9.17, 15) is 9.65 Å². The van der Waals surface area contributed by atoms with Crippen molar-refractivity contribution in [3.63, 3.8) is 0 Å². The van der Waals surface area contributed by atoms with Crippen molar-refractivity contribution in [3.05, 3.63) is 59.4 Å². The quantitative estimate of drug-likeness (QED) is 0.865. The molecule has 1 heterocycles. The fourth-order valence-electron chi connectivity index (χ4n) is 3.24. The summed E-state index contributed by atoms with van der Waals surface area (Å²) in [6.07, 6.45) is 2.41. The van der Waals surface area contributed by atoms with E-state index in [2.05, 4.69) is 10.2 Å². The number of nitrogens with zero attached hydrogens (tertiary/aromatic N) is 2. The van der Waals surface area contributed by atoms with E-state index in [1.165, 1.54) is 18.9 Å². The van der Waals surface area contributed by atoms with Crippen LogP contribution >= 0.6 is 0 Å². The van der Waals surface area contributed by atoms with E-state index in [-0.39, 0.29) is 11.6 Å². The molecule has 1 atom stereocenters. The van der Waals surface area contributed by atoms with Gasteiger partial charge in [-0.1, -0.05) is 18.2 Å². The molecule has 0 aromatic heterocycles. The summed E-state index contributed by atoms with van der Waals surface area (Å²) in [4.78, 5) is 2.40. The predicted molar refractivity (Wildman–Crippen MR) is 96.1 cm³/mol. The third kappa shape index (κ3) is 4.09. The van der Waals surface area contributed by atoms with Crippen LogP contribution in [0.3, 0.4) is 0 Å². The molecule has 1 unspecified atom stereocenters. The molecule has 1 aliphatic rings. The first kappa shape index (κ1) is 17.2. The van der Waals surface area contributed by atoms with Crippen molar-refractivity contribution in [2.45, 2.75) is 18.9 Å². The second-order valence-corrected chi connectivity index (χ2v) is 6.25. The maximum atomic E-state index is 13.9. The highest BCUT2D eigenvalue weighted by Gasteiger charge is 2.20. The molecular formula is C20H22FN3O. The molecule has 0 amide bonds. The van der Waals surface area contributed by atoms with Gasteiger partial charge in [0, 0.05) is 6.54 Å². The zero-order valence-corrected chi connectivity index (χ0v) is 14.3. The smallest absolute Gasteiger partial charge is 0.143 e. The second-order valence-electron chi connectivity index (χ2n) is 6.25. The molecule has 0 spiro atoms. The van der Waals surface area contributed by atoms with Crippen LogP contribution in [0.15, 0.2) is 42.5 Å². The SMILES string of the molecule is COc1ccc(C(CN2CCCC2)Nc2cccc(F)c2C#N)cc1. The van der Waals surface area contributed by atoms with Crippen LogP contribution in [-0.2, 0) is 0 Å². The molecule has 2 aromatic carbocycles. The Morgan fingerprint density at radius 3 is 2.56 bits per heavy atom. The van der Waals surface area contributed by atoms with Gasteiger partial charge in [0.05, 0.1) is 18.8 Å². The van der Waals surface area contributed by atoms with Crippen LogP contribution < -0.4 is 10.1 Å². The van der Waals surface area contributed by atoms with E-state index in [0.29, 0.717) is 5.69 Å². The van der Waals surface area contributed by atoms with E-state index in [4.69, 9.17) is 4.74 Å². The maximum absolute atomic E-state index is 13.9. The van der Waals surface area contributed by atoms with E-state index in [1.807, 2.05) is 30.3 Å². The number of methoxy groups -OCH3 is 1. The lowest BCUT2D eigenvalue weighted by atomic mass is 10.0. The van der Waals surface area contributed by atoms with E-state index >= 15 is 0 Å². The number of nitrogens with one attached hydrogen (secondary N) is 1. The number of rotatable bonds is 6. The summed E-state index contributed by atoms with van der Waals surface area (Å²) >= 11 is 0. The highest BCUT2D eigenvalue weighted by molar-refractivity contribution is 5.59. The lowest BCUT2D eigenvalue weighted by Gasteiger charge is -2.26. The van der Waals surface area contributed by atoms with Gasteiger partial charge < -0.3 is 15.0 Å². The minimum atomic E-state index is -0.498. The van der Waals surface area contributed by atoms with Crippen molar-refractivity contribution in [2.24, 2.45) is 0 Å². The van der Waals surface area contributed by atoms with Crippen molar-refractivity contribution >= 4 is 5.69 Å². The Labute approximate surface area is 147 Å². The molecule has 1 saturated heterocycles. The number of halogens is 1. The second kappa shape index (κ2) is 8.00. The van der Waals surface area contributed by atoms with Gasteiger partial charge in [-0.2, -0.15) is 5.26 Å².